The van der Waals surface area contributed by atoms with Gasteiger partial charge in [-0.25, -0.2) is 8.78 Å². The molecule has 4 atom stereocenters. The molecule has 1 saturated carbocycles. The number of fused-ring (bicyclic) bond motifs is 3. The van der Waals surface area contributed by atoms with Gasteiger partial charge in [-0.3, -0.25) is 19.3 Å². The molecular weight excluding hydrogens is 604 g/mol. The summed E-state index contributed by atoms with van der Waals surface area (Å²) in [6.45, 7) is -0.146. The van der Waals surface area contributed by atoms with Crippen LogP contribution < -0.4 is 27.4 Å². The largest absolute Gasteiger partial charge is 0.509 e. The van der Waals surface area contributed by atoms with Crippen LogP contribution in [0.2, 0.25) is 0 Å². The Balaban J connectivity index is 1.76. The number of benzene rings is 2. The van der Waals surface area contributed by atoms with Gasteiger partial charge in [-0.1, -0.05) is 0 Å². The van der Waals surface area contributed by atoms with Gasteiger partial charge < -0.3 is 42.7 Å². The first-order chi connectivity index (χ1) is 21.4. The Kier molecular flexibility index (Phi) is 7.39. The van der Waals surface area contributed by atoms with Gasteiger partial charge in [0.15, 0.2) is 17.0 Å². The fraction of sp³-hybridized carbons (Fsp3) is 0.355. The van der Waals surface area contributed by atoms with Crippen LogP contribution in [0, 0.1) is 28.4 Å². The second-order valence-electron chi connectivity index (χ2n) is 12.5. The number of nitriles is 1. The predicted molar refractivity (Wildman–Crippen MR) is 162 cm³/mol. The molecule has 3 aliphatic rings. The summed E-state index contributed by atoms with van der Waals surface area (Å²) in [4.78, 5) is 43.4. The lowest BCUT2D eigenvalue weighted by atomic mass is 9.47. The van der Waals surface area contributed by atoms with E-state index in [1.807, 2.05) is 0 Å². The second-order valence-corrected chi connectivity index (χ2v) is 12.5. The van der Waals surface area contributed by atoms with Gasteiger partial charge in [0.05, 0.1) is 40.0 Å². The smallest absolute Gasteiger partial charge is 0.255 e. The van der Waals surface area contributed by atoms with Gasteiger partial charge in [-0.2, -0.15) is 5.26 Å². The molecule has 2 aromatic carbocycles. The Morgan fingerprint density at radius 1 is 1.09 bits per heavy atom. The molecule has 0 spiro atoms. The number of ketones is 2. The average molecular weight is 638 g/mol. The zero-order valence-corrected chi connectivity index (χ0v) is 25.4. The van der Waals surface area contributed by atoms with Crippen molar-refractivity contribution in [2.75, 3.05) is 38.4 Å². The molecule has 46 heavy (non-hydrogen) atoms. The zero-order valence-electron chi connectivity index (χ0n) is 25.4. The molecule has 0 aromatic heterocycles. The molecule has 242 valence electrons. The Bertz CT molecular complexity index is 1830. The third kappa shape index (κ3) is 4.25. The molecule has 0 unspecified atom stereocenters. The third-order valence-electron chi connectivity index (χ3n) is 9.11. The lowest BCUT2D eigenvalue weighted by molar-refractivity contribution is -0.139. The van der Waals surface area contributed by atoms with Gasteiger partial charge in [0.25, 0.3) is 5.91 Å². The van der Waals surface area contributed by atoms with E-state index in [9.17, 15) is 43.7 Å². The summed E-state index contributed by atoms with van der Waals surface area (Å²) in [5, 5.41) is 48.0. The van der Waals surface area contributed by atoms with E-state index >= 15 is 0 Å². The number of hydrogen-bond acceptors (Lipinski definition) is 12. The van der Waals surface area contributed by atoms with E-state index in [2.05, 4.69) is 5.32 Å². The summed E-state index contributed by atoms with van der Waals surface area (Å²) in [6, 6.07) is 4.63. The summed E-state index contributed by atoms with van der Waals surface area (Å²) >= 11 is 0. The highest BCUT2D eigenvalue weighted by Crippen LogP contribution is 2.59. The number of phenolic OH excluding ortho intramolecular Hbond substituents is 1. The van der Waals surface area contributed by atoms with E-state index in [0.29, 0.717) is 11.8 Å². The van der Waals surface area contributed by atoms with Gasteiger partial charge in [-0.15, -0.1) is 0 Å². The van der Waals surface area contributed by atoms with E-state index in [0.717, 1.165) is 12.1 Å². The Morgan fingerprint density at radius 3 is 2.22 bits per heavy atom. The number of rotatable bonds is 6. The summed E-state index contributed by atoms with van der Waals surface area (Å²) in [5.74, 6) is -7.90. The van der Waals surface area contributed by atoms with Crippen molar-refractivity contribution in [3.8, 4) is 11.8 Å². The first-order valence-corrected chi connectivity index (χ1v) is 14.0. The number of nitrogens with zero attached hydrogens (tertiary/aromatic N) is 3. The number of aliphatic hydroxyl groups is 2. The predicted octanol–water partition coefficient (Wildman–Crippen LogP) is 0.862. The number of anilines is 2. The van der Waals surface area contributed by atoms with Crippen LogP contribution in [0.15, 0.2) is 41.2 Å². The number of aliphatic hydroxyl groups excluding tert-OH is 2. The topological polar surface area (TPSA) is 232 Å². The number of amides is 1. The molecule has 0 saturated heterocycles. The van der Waals surface area contributed by atoms with Crippen molar-refractivity contribution in [3.05, 3.63) is 69.5 Å². The molecule has 5 rings (SSSR count). The number of halogens is 2. The number of aromatic hydroxyl groups is 1. The third-order valence-corrected chi connectivity index (χ3v) is 9.11. The molecule has 1 amide bonds. The number of carbonyl (C=O) groups excluding carboxylic acids is 3. The van der Waals surface area contributed by atoms with Crippen molar-refractivity contribution in [3.63, 3.8) is 0 Å². The number of nitrogens with one attached hydrogen (secondary N) is 1. The van der Waals surface area contributed by atoms with E-state index in [4.69, 9.17) is 17.2 Å². The van der Waals surface area contributed by atoms with Crippen LogP contribution in [-0.2, 0) is 27.3 Å². The number of nitrogens with two attached hydrogens (primary N) is 3. The van der Waals surface area contributed by atoms with Crippen LogP contribution in [0.4, 0.5) is 20.2 Å². The highest BCUT2D eigenvalue weighted by atomic mass is 19.1. The van der Waals surface area contributed by atoms with E-state index in [-0.39, 0.29) is 35.3 Å². The molecule has 3 aliphatic carbocycles. The molecule has 0 radical (unpaired) electrons. The number of Topliss-reactive ketones (excluding diaryl/α,β-unsaturated/α-hetero) is 2. The van der Waals surface area contributed by atoms with Crippen molar-refractivity contribution < 1.29 is 38.5 Å². The van der Waals surface area contributed by atoms with Crippen LogP contribution >= 0.6 is 0 Å². The normalized spacial score (nSPS) is 27.2. The summed E-state index contributed by atoms with van der Waals surface area (Å²) < 4.78 is 27.6. The fourth-order valence-electron chi connectivity index (χ4n) is 7.32. The summed E-state index contributed by atoms with van der Waals surface area (Å²) in [6.07, 6.45) is -0.743. The highest BCUT2D eigenvalue weighted by Gasteiger charge is 2.74. The Labute approximate surface area is 262 Å². The number of likely N-dealkylation sites (N-methyl/N-ethyl adjacent to an activating group) is 1. The monoisotopic (exact) mass is 637 g/mol. The lowest BCUT2D eigenvalue weighted by Crippen LogP contribution is -2.80. The van der Waals surface area contributed by atoms with E-state index in [1.165, 1.54) is 25.1 Å². The number of phenols is 1. The van der Waals surface area contributed by atoms with Crippen LogP contribution in [0.3, 0.4) is 0 Å². The minimum atomic E-state index is -2.79. The van der Waals surface area contributed by atoms with Gasteiger partial charge in [0, 0.05) is 32.4 Å². The van der Waals surface area contributed by atoms with Crippen LogP contribution in [0.25, 0.3) is 5.76 Å². The quantitative estimate of drug-likeness (QED) is 0.173. The molecule has 0 bridgehead atoms. The van der Waals surface area contributed by atoms with Crippen LogP contribution in [-0.4, -0.2) is 83.0 Å². The molecule has 13 nitrogen and oxygen atoms in total. The Hall–Kier alpha value is -5.04. The van der Waals surface area contributed by atoms with Crippen molar-refractivity contribution >= 4 is 34.6 Å². The molecule has 0 aliphatic heterocycles. The first kappa shape index (κ1) is 32.4. The molecular formula is C31H33F2N7O6. The first-order valence-electron chi connectivity index (χ1n) is 14.0. The molecule has 0 heterocycles. The SMILES string of the molecule is CN(C)c1cc(NCc2cc(F)cc(F)c2)c(O)c2c1C[C@@]1(N)C[C@@]3(N)[C@H](N(C)C)C(=O)C(C(N)=O)=C(O)[C@@]3(C#N)C(=O)C1=C2O. The fourth-order valence-corrected chi connectivity index (χ4v) is 7.32. The van der Waals surface area contributed by atoms with Crippen LogP contribution in [0.1, 0.15) is 23.1 Å². The van der Waals surface area contributed by atoms with E-state index < -0.39 is 86.5 Å². The van der Waals surface area contributed by atoms with Crippen molar-refractivity contribution in [1.29, 1.82) is 5.26 Å². The molecule has 15 heteroatoms. The van der Waals surface area contributed by atoms with Gasteiger partial charge in [0.2, 0.25) is 0 Å². The standard InChI is InChI=1S/C31H33F2N7O6/c1-39(2)18-8-17(38-10-13-5-14(32)7-15(33)6-13)22(41)19-16(18)9-29(36)11-31(37)25(40(3)4)24(43)20(28(35)46)26(44)30(31,12-34)27(45)21(29)23(19)42/h5-8,25,38,41-42,44H,9-11,36-37H2,1-4H3,(H2,35,46)/t25-,29-,30+,31-/m1/s1. The maximum Gasteiger partial charge on any atom is 0.255 e. The Morgan fingerprint density at radius 2 is 1.70 bits per heavy atom. The number of hydrogen-bond donors (Lipinski definition) is 7. The average Bonchev–Trinajstić information content (AvgIpc) is 2.90. The maximum absolute atomic E-state index is 14.6. The summed E-state index contributed by atoms with van der Waals surface area (Å²) in [7, 11) is 6.21. The maximum atomic E-state index is 14.6. The minimum absolute atomic E-state index is 0.0184. The van der Waals surface area contributed by atoms with E-state index in [1.54, 1.807) is 25.1 Å². The lowest BCUT2D eigenvalue weighted by Gasteiger charge is -2.58. The minimum Gasteiger partial charge on any atom is -0.509 e. The second kappa shape index (κ2) is 10.5. The van der Waals surface area contributed by atoms with Gasteiger partial charge >= 0.3 is 0 Å². The van der Waals surface area contributed by atoms with Gasteiger partial charge in [-0.05, 0) is 56.3 Å². The zero-order chi connectivity index (χ0) is 34.3. The molecule has 10 N–H and O–H groups in total. The van der Waals surface area contributed by atoms with Crippen molar-refractivity contribution in [2.45, 2.75) is 36.5 Å². The summed E-state index contributed by atoms with van der Waals surface area (Å²) in [5.41, 5.74) is 11.5. The van der Waals surface area contributed by atoms with Gasteiger partial charge in [0.1, 0.15) is 34.5 Å². The van der Waals surface area contributed by atoms with Crippen molar-refractivity contribution in [2.24, 2.45) is 22.6 Å². The number of primary amides is 1. The molecule has 2 aromatic rings. The highest BCUT2D eigenvalue weighted by molar-refractivity contribution is 6.25. The molecule has 1 fully saturated rings. The number of carbonyl (C=O) groups is 3. The van der Waals surface area contributed by atoms with Crippen LogP contribution in [0.5, 0.6) is 5.75 Å². The van der Waals surface area contributed by atoms with Crippen molar-refractivity contribution in [1.82, 2.24) is 4.90 Å².